The Bertz CT molecular complexity index is 909. The van der Waals surface area contributed by atoms with E-state index in [0.717, 1.165) is 11.1 Å². The zero-order valence-electron chi connectivity index (χ0n) is 15.2. The maximum atomic E-state index is 12.6. The first kappa shape index (κ1) is 19.6. The third-order valence-corrected chi connectivity index (χ3v) is 4.23. The highest BCUT2D eigenvalue weighted by Crippen LogP contribution is 2.33. The average Bonchev–Trinajstić information content (AvgIpc) is 2.78. The predicted octanol–water partition coefficient (Wildman–Crippen LogP) is 4.16. The van der Waals surface area contributed by atoms with E-state index in [4.69, 9.17) is 9.47 Å². The molecule has 1 aliphatic heterocycles. The number of benzene rings is 2. The summed E-state index contributed by atoms with van der Waals surface area (Å²) in [6.45, 7) is 0.118. The van der Waals surface area contributed by atoms with E-state index in [-0.39, 0.29) is 24.6 Å². The van der Waals surface area contributed by atoms with Crippen molar-refractivity contribution in [3.8, 4) is 17.2 Å². The lowest BCUT2D eigenvalue weighted by Crippen LogP contribution is -2.26. The summed E-state index contributed by atoms with van der Waals surface area (Å²) in [5.74, 6) is 0.551. The number of methoxy groups -OCH3 is 2. The fourth-order valence-electron chi connectivity index (χ4n) is 2.94. The Labute approximate surface area is 159 Å². The van der Waals surface area contributed by atoms with Crippen LogP contribution < -0.4 is 14.2 Å². The highest BCUT2D eigenvalue weighted by atomic mass is 19.4. The van der Waals surface area contributed by atoms with Crippen LogP contribution in [0.1, 0.15) is 16.7 Å². The molecule has 1 aliphatic rings. The summed E-state index contributed by atoms with van der Waals surface area (Å²) < 4.78 is 51.7. The van der Waals surface area contributed by atoms with Crippen LogP contribution in [0.15, 0.2) is 42.6 Å². The van der Waals surface area contributed by atoms with Gasteiger partial charge in [-0.25, -0.2) is 0 Å². The number of alkyl halides is 3. The van der Waals surface area contributed by atoms with Gasteiger partial charge in [0.25, 0.3) is 0 Å². The maximum Gasteiger partial charge on any atom is 0.573 e. The van der Waals surface area contributed by atoms with Gasteiger partial charge in [-0.05, 0) is 47.0 Å². The molecule has 3 rings (SSSR count). The van der Waals surface area contributed by atoms with Crippen LogP contribution in [0, 0.1) is 0 Å². The highest BCUT2D eigenvalue weighted by Gasteiger charge is 2.31. The van der Waals surface area contributed by atoms with E-state index in [0.29, 0.717) is 17.1 Å². The van der Waals surface area contributed by atoms with Crippen LogP contribution in [0.5, 0.6) is 17.2 Å². The van der Waals surface area contributed by atoms with Crippen molar-refractivity contribution < 1.29 is 32.2 Å². The van der Waals surface area contributed by atoms with Gasteiger partial charge in [0.15, 0.2) is 11.5 Å². The molecule has 2 aromatic carbocycles. The van der Waals surface area contributed by atoms with Crippen molar-refractivity contribution in [1.82, 2.24) is 4.90 Å². The van der Waals surface area contributed by atoms with Crippen molar-refractivity contribution >= 4 is 12.0 Å². The molecule has 0 saturated heterocycles. The molecule has 5 nitrogen and oxygen atoms in total. The smallest absolute Gasteiger partial charge is 0.493 e. The van der Waals surface area contributed by atoms with Crippen LogP contribution in [0.3, 0.4) is 0 Å². The lowest BCUT2D eigenvalue weighted by Gasteiger charge is -2.18. The maximum absolute atomic E-state index is 12.6. The molecule has 0 saturated carbocycles. The molecule has 8 heteroatoms. The number of ether oxygens (including phenoxy) is 3. The van der Waals surface area contributed by atoms with Crippen LogP contribution in [0.25, 0.3) is 6.08 Å². The van der Waals surface area contributed by atoms with E-state index in [1.165, 1.54) is 37.3 Å². The Morgan fingerprint density at radius 3 is 2.46 bits per heavy atom. The van der Waals surface area contributed by atoms with Gasteiger partial charge < -0.3 is 19.1 Å². The second kappa shape index (κ2) is 7.84. The van der Waals surface area contributed by atoms with Gasteiger partial charge in [-0.2, -0.15) is 0 Å². The standard InChI is InChI=1S/C20H18F3NO4/c1-26-17-9-14-6-7-24(19(25)11-15(14)10-18(17)27-2)12-13-4-3-5-16(8-13)28-20(21,22)23/h3-10H,11-12H2,1-2H3. The zero-order valence-corrected chi connectivity index (χ0v) is 15.2. The van der Waals surface area contributed by atoms with Crippen molar-refractivity contribution in [2.45, 2.75) is 19.3 Å². The monoisotopic (exact) mass is 393 g/mol. The van der Waals surface area contributed by atoms with Crippen LogP contribution >= 0.6 is 0 Å². The molecule has 0 atom stereocenters. The van der Waals surface area contributed by atoms with Gasteiger partial charge in [0.05, 0.1) is 27.2 Å². The summed E-state index contributed by atoms with van der Waals surface area (Å²) in [5, 5.41) is 0. The number of nitrogens with zero attached hydrogens (tertiary/aromatic N) is 1. The van der Waals surface area contributed by atoms with Crippen molar-refractivity contribution in [3.63, 3.8) is 0 Å². The normalized spacial score (nSPS) is 13.8. The van der Waals surface area contributed by atoms with E-state index in [9.17, 15) is 18.0 Å². The summed E-state index contributed by atoms with van der Waals surface area (Å²) in [4.78, 5) is 14.1. The highest BCUT2D eigenvalue weighted by molar-refractivity contribution is 5.84. The van der Waals surface area contributed by atoms with Crippen LogP contribution in [-0.4, -0.2) is 31.4 Å². The third kappa shape index (κ3) is 4.57. The SMILES string of the molecule is COc1cc2c(cc1OC)CC(=O)N(Cc1cccc(OC(F)(F)F)c1)C=C2. The Morgan fingerprint density at radius 1 is 1.07 bits per heavy atom. The molecular weight excluding hydrogens is 375 g/mol. The number of carbonyl (C=O) groups excluding carboxylic acids is 1. The number of halogens is 3. The second-order valence-electron chi connectivity index (χ2n) is 6.12. The molecule has 1 heterocycles. The van der Waals surface area contributed by atoms with Crippen molar-refractivity contribution in [1.29, 1.82) is 0 Å². The Hall–Kier alpha value is -3.16. The van der Waals surface area contributed by atoms with Crippen LogP contribution in [-0.2, 0) is 17.8 Å². The second-order valence-corrected chi connectivity index (χ2v) is 6.12. The van der Waals surface area contributed by atoms with E-state index in [1.54, 1.807) is 30.5 Å². The Balaban J connectivity index is 1.82. The van der Waals surface area contributed by atoms with Gasteiger partial charge in [-0.1, -0.05) is 12.1 Å². The quantitative estimate of drug-likeness (QED) is 0.766. The summed E-state index contributed by atoms with van der Waals surface area (Å²) in [5.41, 5.74) is 2.10. The molecule has 148 valence electrons. The summed E-state index contributed by atoms with van der Waals surface area (Å²) in [6.07, 6.45) is -1.27. The molecule has 0 unspecified atom stereocenters. The summed E-state index contributed by atoms with van der Waals surface area (Å²) in [7, 11) is 3.04. The lowest BCUT2D eigenvalue weighted by atomic mass is 10.0. The zero-order chi connectivity index (χ0) is 20.3. The molecule has 2 aromatic rings. The molecule has 0 spiro atoms. The minimum Gasteiger partial charge on any atom is -0.493 e. The van der Waals surface area contributed by atoms with E-state index in [2.05, 4.69) is 4.74 Å². The first-order valence-electron chi connectivity index (χ1n) is 8.36. The minimum atomic E-state index is -4.77. The van der Waals surface area contributed by atoms with Gasteiger partial charge in [-0.3, -0.25) is 4.79 Å². The Morgan fingerprint density at radius 2 is 1.79 bits per heavy atom. The van der Waals surface area contributed by atoms with E-state index in [1.807, 2.05) is 0 Å². The topological polar surface area (TPSA) is 48.0 Å². The first-order valence-corrected chi connectivity index (χ1v) is 8.36. The predicted molar refractivity (Wildman–Crippen MR) is 96.0 cm³/mol. The lowest BCUT2D eigenvalue weighted by molar-refractivity contribution is -0.274. The molecule has 1 amide bonds. The molecule has 0 bridgehead atoms. The van der Waals surface area contributed by atoms with Gasteiger partial charge in [0, 0.05) is 6.20 Å². The molecule has 0 N–H and O–H groups in total. The average molecular weight is 393 g/mol. The van der Waals surface area contributed by atoms with E-state index >= 15 is 0 Å². The largest absolute Gasteiger partial charge is 0.573 e. The Kier molecular flexibility index (Phi) is 5.48. The van der Waals surface area contributed by atoms with Crippen LogP contribution in [0.2, 0.25) is 0 Å². The van der Waals surface area contributed by atoms with E-state index < -0.39 is 6.36 Å². The van der Waals surface area contributed by atoms with Gasteiger partial charge >= 0.3 is 6.36 Å². The van der Waals surface area contributed by atoms with Crippen molar-refractivity contribution in [3.05, 3.63) is 59.3 Å². The molecule has 0 aromatic heterocycles. The van der Waals surface area contributed by atoms with Crippen molar-refractivity contribution in [2.75, 3.05) is 14.2 Å². The number of amides is 1. The molecule has 0 fully saturated rings. The third-order valence-electron chi connectivity index (χ3n) is 4.23. The molecule has 0 radical (unpaired) electrons. The number of hydrogen-bond acceptors (Lipinski definition) is 4. The number of fused-ring (bicyclic) bond motifs is 1. The van der Waals surface area contributed by atoms with Crippen molar-refractivity contribution in [2.24, 2.45) is 0 Å². The summed E-state index contributed by atoms with van der Waals surface area (Å²) >= 11 is 0. The fourth-order valence-corrected chi connectivity index (χ4v) is 2.94. The number of rotatable bonds is 5. The minimum absolute atomic E-state index is 0.118. The number of hydrogen-bond donors (Lipinski definition) is 0. The van der Waals surface area contributed by atoms with Crippen LogP contribution in [0.4, 0.5) is 13.2 Å². The molecular formula is C20H18F3NO4. The molecule has 28 heavy (non-hydrogen) atoms. The van der Waals surface area contributed by atoms with Gasteiger partial charge in [0.1, 0.15) is 5.75 Å². The molecule has 0 aliphatic carbocycles. The van der Waals surface area contributed by atoms with Gasteiger partial charge in [0.2, 0.25) is 5.91 Å². The summed E-state index contributed by atoms with van der Waals surface area (Å²) in [6, 6.07) is 9.09. The fraction of sp³-hybridized carbons (Fsp3) is 0.250. The number of carbonyl (C=O) groups is 1. The van der Waals surface area contributed by atoms with Gasteiger partial charge in [-0.15, -0.1) is 13.2 Å². The first-order chi connectivity index (χ1) is 13.3.